The zero-order valence-electron chi connectivity index (χ0n) is 10.0. The Balaban J connectivity index is 2.26. The van der Waals surface area contributed by atoms with E-state index in [1.807, 2.05) is 12.1 Å². The van der Waals surface area contributed by atoms with Crippen molar-refractivity contribution in [2.45, 2.75) is 12.3 Å². The van der Waals surface area contributed by atoms with Gasteiger partial charge in [-0.25, -0.2) is 8.78 Å². The predicted octanol–water partition coefficient (Wildman–Crippen LogP) is 5.45. The highest BCUT2D eigenvalue weighted by molar-refractivity contribution is 9.10. The van der Waals surface area contributed by atoms with E-state index < -0.39 is 0 Å². The highest BCUT2D eigenvalue weighted by Gasteiger charge is 2.15. The molecule has 0 amide bonds. The normalized spacial score (nSPS) is 12.4. The summed E-state index contributed by atoms with van der Waals surface area (Å²) in [5.74, 6) is -0.524. The van der Waals surface area contributed by atoms with Gasteiger partial charge in [0.15, 0.2) is 0 Å². The third-order valence-electron chi connectivity index (χ3n) is 2.94. The lowest BCUT2D eigenvalue weighted by Crippen LogP contribution is -2.07. The number of rotatable bonds is 4. The molecule has 0 aliphatic carbocycles. The molecule has 1 unspecified atom stereocenters. The van der Waals surface area contributed by atoms with Crippen molar-refractivity contribution in [3.8, 4) is 0 Å². The average molecular weight is 390 g/mol. The van der Waals surface area contributed by atoms with Crippen LogP contribution in [0, 0.1) is 11.6 Å². The Kier molecular flexibility index (Phi) is 5.11. The summed E-state index contributed by atoms with van der Waals surface area (Å²) in [6.45, 7) is 0. The van der Waals surface area contributed by atoms with Crippen LogP contribution in [0.2, 0.25) is 0 Å². The molecule has 0 saturated carbocycles. The fourth-order valence-corrected chi connectivity index (χ4v) is 3.16. The van der Waals surface area contributed by atoms with Crippen LogP contribution in [0.15, 0.2) is 46.9 Å². The Labute approximate surface area is 128 Å². The van der Waals surface area contributed by atoms with Crippen LogP contribution < -0.4 is 0 Å². The maximum absolute atomic E-state index is 13.8. The highest BCUT2D eigenvalue weighted by Crippen LogP contribution is 2.27. The van der Waals surface area contributed by atoms with Gasteiger partial charge in [0.05, 0.1) is 0 Å². The number of benzene rings is 2. The van der Waals surface area contributed by atoms with Gasteiger partial charge in [0.25, 0.3) is 0 Å². The van der Waals surface area contributed by atoms with Crippen molar-refractivity contribution in [3.05, 3.63) is 69.7 Å². The lowest BCUT2D eigenvalue weighted by molar-refractivity contribution is 0.588. The maximum atomic E-state index is 13.8. The van der Waals surface area contributed by atoms with Crippen LogP contribution in [0.5, 0.6) is 0 Å². The first-order chi connectivity index (χ1) is 9.10. The summed E-state index contributed by atoms with van der Waals surface area (Å²) in [5.41, 5.74) is 1.50. The molecule has 0 heterocycles. The Morgan fingerprint density at radius 1 is 1.05 bits per heavy atom. The van der Waals surface area contributed by atoms with E-state index in [9.17, 15) is 8.78 Å². The molecule has 0 bridgehead atoms. The standard InChI is InChI=1S/C15H12Br2F2/c16-9-11(14-3-1-2-4-15(14)19)5-10-6-12(17)8-13(18)7-10/h1-4,6-8,11H,5,9H2. The van der Waals surface area contributed by atoms with Crippen LogP contribution in [-0.2, 0) is 6.42 Å². The van der Waals surface area contributed by atoms with Crippen molar-refractivity contribution in [1.29, 1.82) is 0 Å². The monoisotopic (exact) mass is 388 g/mol. The van der Waals surface area contributed by atoms with Gasteiger partial charge < -0.3 is 0 Å². The molecule has 2 aromatic carbocycles. The number of hydrogen-bond acceptors (Lipinski definition) is 0. The molecular formula is C15H12Br2F2. The molecule has 2 aromatic rings. The summed E-state index contributed by atoms with van der Waals surface area (Å²) in [5, 5.41) is 0.627. The number of halogens is 4. The van der Waals surface area contributed by atoms with Gasteiger partial charge in [0.1, 0.15) is 11.6 Å². The lowest BCUT2D eigenvalue weighted by atomic mass is 9.93. The Morgan fingerprint density at radius 3 is 2.42 bits per heavy atom. The summed E-state index contributed by atoms with van der Waals surface area (Å²) in [7, 11) is 0. The van der Waals surface area contributed by atoms with Crippen molar-refractivity contribution < 1.29 is 8.78 Å². The molecule has 0 nitrogen and oxygen atoms in total. The molecule has 0 aliphatic heterocycles. The van der Waals surface area contributed by atoms with Crippen LogP contribution >= 0.6 is 31.9 Å². The van der Waals surface area contributed by atoms with E-state index in [0.29, 0.717) is 21.8 Å². The van der Waals surface area contributed by atoms with Gasteiger partial charge >= 0.3 is 0 Å². The zero-order valence-corrected chi connectivity index (χ0v) is 13.2. The minimum absolute atomic E-state index is 0.0186. The molecule has 0 fully saturated rings. The Bertz CT molecular complexity index is 550. The minimum Gasteiger partial charge on any atom is -0.207 e. The maximum Gasteiger partial charge on any atom is 0.126 e. The smallest absolute Gasteiger partial charge is 0.126 e. The predicted molar refractivity (Wildman–Crippen MR) is 80.7 cm³/mol. The van der Waals surface area contributed by atoms with E-state index in [1.54, 1.807) is 12.1 Å². The van der Waals surface area contributed by atoms with Crippen LogP contribution in [0.4, 0.5) is 8.78 Å². The average Bonchev–Trinajstić information content (AvgIpc) is 2.36. The number of hydrogen-bond donors (Lipinski definition) is 0. The van der Waals surface area contributed by atoms with Crippen LogP contribution in [0.1, 0.15) is 17.0 Å². The van der Waals surface area contributed by atoms with E-state index in [-0.39, 0.29) is 17.6 Å². The van der Waals surface area contributed by atoms with Crippen LogP contribution in [-0.4, -0.2) is 5.33 Å². The SMILES string of the molecule is Fc1cc(Br)cc(CC(CBr)c2ccccc2F)c1. The Hall–Kier alpha value is -0.740. The molecule has 19 heavy (non-hydrogen) atoms. The van der Waals surface area contributed by atoms with E-state index >= 15 is 0 Å². The molecule has 2 rings (SSSR count). The quantitative estimate of drug-likeness (QED) is 0.610. The van der Waals surface area contributed by atoms with Crippen LogP contribution in [0.3, 0.4) is 0 Å². The van der Waals surface area contributed by atoms with Gasteiger partial charge in [-0.2, -0.15) is 0 Å². The largest absolute Gasteiger partial charge is 0.207 e. The second-order valence-electron chi connectivity index (χ2n) is 4.35. The summed E-state index contributed by atoms with van der Waals surface area (Å²) in [6.07, 6.45) is 0.586. The molecule has 0 spiro atoms. The van der Waals surface area contributed by atoms with Crippen molar-refractivity contribution >= 4 is 31.9 Å². The van der Waals surface area contributed by atoms with Crippen LogP contribution in [0.25, 0.3) is 0 Å². The van der Waals surface area contributed by atoms with Gasteiger partial charge in [-0.15, -0.1) is 0 Å². The van der Waals surface area contributed by atoms with Crippen molar-refractivity contribution in [3.63, 3.8) is 0 Å². The summed E-state index contributed by atoms with van der Waals surface area (Å²) >= 11 is 6.68. The first-order valence-corrected chi connectivity index (χ1v) is 7.77. The van der Waals surface area contributed by atoms with Crippen molar-refractivity contribution in [2.75, 3.05) is 5.33 Å². The Morgan fingerprint density at radius 2 is 1.79 bits per heavy atom. The van der Waals surface area contributed by atoms with Gasteiger partial charge in [-0.3, -0.25) is 0 Å². The summed E-state index contributed by atoms with van der Waals surface area (Å²) in [4.78, 5) is 0. The molecule has 0 radical (unpaired) electrons. The second-order valence-corrected chi connectivity index (χ2v) is 5.92. The third-order valence-corrected chi connectivity index (χ3v) is 4.18. The third kappa shape index (κ3) is 3.86. The van der Waals surface area contributed by atoms with E-state index in [2.05, 4.69) is 31.9 Å². The van der Waals surface area contributed by atoms with E-state index in [0.717, 1.165) is 5.56 Å². The fourth-order valence-electron chi connectivity index (χ4n) is 2.07. The molecule has 1 atom stereocenters. The molecule has 0 aromatic heterocycles. The van der Waals surface area contributed by atoms with Gasteiger partial charge in [-0.05, 0) is 41.8 Å². The van der Waals surface area contributed by atoms with Gasteiger partial charge in [0, 0.05) is 15.7 Å². The van der Waals surface area contributed by atoms with Crippen molar-refractivity contribution in [1.82, 2.24) is 0 Å². The lowest BCUT2D eigenvalue weighted by Gasteiger charge is -2.15. The molecule has 100 valence electrons. The first-order valence-electron chi connectivity index (χ1n) is 5.85. The summed E-state index contributed by atoms with van der Waals surface area (Å²) in [6, 6.07) is 11.5. The molecular weight excluding hydrogens is 378 g/mol. The van der Waals surface area contributed by atoms with E-state index in [1.165, 1.54) is 18.2 Å². The van der Waals surface area contributed by atoms with Gasteiger partial charge in [0.2, 0.25) is 0 Å². The second kappa shape index (κ2) is 6.62. The molecule has 4 heteroatoms. The minimum atomic E-state index is -0.286. The first kappa shape index (κ1) is 14.7. The zero-order chi connectivity index (χ0) is 13.8. The van der Waals surface area contributed by atoms with Crippen molar-refractivity contribution in [2.24, 2.45) is 0 Å². The van der Waals surface area contributed by atoms with Gasteiger partial charge in [-0.1, -0.05) is 50.1 Å². The molecule has 0 aliphatic rings. The number of alkyl halides is 1. The van der Waals surface area contributed by atoms with E-state index in [4.69, 9.17) is 0 Å². The molecule has 0 saturated heterocycles. The fraction of sp³-hybridized carbons (Fsp3) is 0.200. The molecule has 0 N–H and O–H groups in total. The topological polar surface area (TPSA) is 0 Å². The summed E-state index contributed by atoms with van der Waals surface area (Å²) < 4.78 is 27.8. The highest BCUT2D eigenvalue weighted by atomic mass is 79.9.